The third-order valence-corrected chi connectivity index (χ3v) is 6.47. The maximum atomic E-state index is 14.7. The van der Waals surface area contributed by atoms with Crippen LogP contribution in [0.25, 0.3) is 16.8 Å². The topological polar surface area (TPSA) is 148 Å². The van der Waals surface area contributed by atoms with E-state index in [0.717, 1.165) is 21.8 Å². The molecule has 1 aliphatic heterocycles. The Bertz CT molecular complexity index is 1390. The third kappa shape index (κ3) is 4.80. The summed E-state index contributed by atoms with van der Waals surface area (Å²) in [6.45, 7) is 2.42. The summed E-state index contributed by atoms with van der Waals surface area (Å²) in [4.78, 5) is 34.4. The average Bonchev–Trinajstić information content (AvgIpc) is 3.44. The predicted molar refractivity (Wildman–Crippen MR) is 126 cm³/mol. The minimum Gasteiger partial charge on any atom is -0.480 e. The van der Waals surface area contributed by atoms with E-state index in [1.165, 1.54) is 26.3 Å². The van der Waals surface area contributed by atoms with Crippen molar-refractivity contribution >= 4 is 23.1 Å². The quantitative estimate of drug-likeness (QED) is 0.402. The maximum absolute atomic E-state index is 14.7. The van der Waals surface area contributed by atoms with Gasteiger partial charge >= 0.3 is 6.18 Å². The molecule has 1 saturated heterocycles. The standard InChI is InChI=1S/C23H25F4N7O4/c1-4-22(2,37)21(36)33-8-14(24)15(9-33)32-19(35)12-5-11(7-29-20(12)38-3)16-6-13(23(25,26)27)17-18(28)30-10-31-34(16)17/h5-7,10,14-15,37H,4,8-9H2,1-3H3,(H,32,35)(H2,28,30,31)/t14-,15+,22?/m0/s1. The van der Waals surface area contributed by atoms with Crippen LogP contribution in [0.15, 0.2) is 24.7 Å². The number of fused-ring (bicyclic) bond motifs is 1. The Morgan fingerprint density at radius 1 is 1.26 bits per heavy atom. The molecule has 4 heterocycles. The van der Waals surface area contributed by atoms with E-state index in [-0.39, 0.29) is 42.2 Å². The van der Waals surface area contributed by atoms with Crippen molar-refractivity contribution in [1.82, 2.24) is 29.8 Å². The Hall–Kier alpha value is -4.01. The van der Waals surface area contributed by atoms with Gasteiger partial charge in [0.05, 0.1) is 31.0 Å². The Balaban J connectivity index is 1.67. The number of anilines is 1. The number of nitrogens with zero attached hydrogens (tertiary/aromatic N) is 5. The van der Waals surface area contributed by atoms with E-state index in [9.17, 15) is 32.3 Å². The molecule has 3 aromatic rings. The first-order valence-electron chi connectivity index (χ1n) is 11.5. The molecule has 4 N–H and O–H groups in total. The zero-order valence-electron chi connectivity index (χ0n) is 20.6. The van der Waals surface area contributed by atoms with Crippen molar-refractivity contribution in [2.45, 2.75) is 44.3 Å². The van der Waals surface area contributed by atoms with E-state index in [4.69, 9.17) is 10.5 Å². The van der Waals surface area contributed by atoms with Gasteiger partial charge in [-0.25, -0.2) is 18.9 Å². The van der Waals surface area contributed by atoms with Crippen LogP contribution in [0.5, 0.6) is 5.88 Å². The number of rotatable bonds is 6. The lowest BCUT2D eigenvalue weighted by Gasteiger charge is -2.26. The number of nitrogen functional groups attached to an aromatic ring is 1. The summed E-state index contributed by atoms with van der Waals surface area (Å²) in [6.07, 6.45) is -4.10. The van der Waals surface area contributed by atoms with Crippen LogP contribution in [0, 0.1) is 0 Å². The lowest BCUT2D eigenvalue weighted by Crippen LogP contribution is -2.47. The van der Waals surface area contributed by atoms with Gasteiger partial charge in [-0.05, 0) is 25.5 Å². The molecule has 0 saturated carbocycles. The Kier molecular flexibility index (Phi) is 6.90. The number of alkyl halides is 4. The summed E-state index contributed by atoms with van der Waals surface area (Å²) in [5, 5.41) is 16.6. The minimum absolute atomic E-state index is 0.0681. The third-order valence-electron chi connectivity index (χ3n) is 6.47. The van der Waals surface area contributed by atoms with Gasteiger partial charge in [0, 0.05) is 18.3 Å². The second-order valence-corrected chi connectivity index (χ2v) is 9.06. The van der Waals surface area contributed by atoms with Crippen LogP contribution in [-0.2, 0) is 11.0 Å². The summed E-state index contributed by atoms with van der Waals surface area (Å²) in [7, 11) is 1.24. The molecule has 3 atom stereocenters. The Morgan fingerprint density at radius 3 is 2.61 bits per heavy atom. The number of nitrogens with two attached hydrogens (primary N) is 1. The fourth-order valence-corrected chi connectivity index (χ4v) is 4.21. The molecule has 2 amide bonds. The maximum Gasteiger partial charge on any atom is 0.418 e. The molecule has 0 aliphatic carbocycles. The van der Waals surface area contributed by atoms with E-state index in [1.54, 1.807) is 6.92 Å². The van der Waals surface area contributed by atoms with Crippen LogP contribution >= 0.6 is 0 Å². The van der Waals surface area contributed by atoms with Gasteiger partial charge in [-0.3, -0.25) is 9.59 Å². The molecule has 0 bridgehead atoms. The summed E-state index contributed by atoms with van der Waals surface area (Å²) in [6, 6.07) is 0.934. The van der Waals surface area contributed by atoms with Crippen molar-refractivity contribution in [3.05, 3.63) is 35.8 Å². The molecule has 0 aromatic carbocycles. The number of methoxy groups -OCH3 is 1. The van der Waals surface area contributed by atoms with E-state index < -0.39 is 52.7 Å². The van der Waals surface area contributed by atoms with Gasteiger partial charge < -0.3 is 25.8 Å². The molecule has 38 heavy (non-hydrogen) atoms. The number of ether oxygens (including phenoxy) is 1. The molecule has 204 valence electrons. The lowest BCUT2D eigenvalue weighted by molar-refractivity contribution is -0.148. The van der Waals surface area contributed by atoms with Crippen molar-refractivity contribution in [2.24, 2.45) is 0 Å². The molecule has 1 aliphatic rings. The van der Waals surface area contributed by atoms with Crippen LogP contribution in [0.4, 0.5) is 23.4 Å². The molecule has 1 unspecified atom stereocenters. The zero-order chi connectivity index (χ0) is 28.0. The van der Waals surface area contributed by atoms with E-state index in [0.29, 0.717) is 0 Å². The van der Waals surface area contributed by atoms with Gasteiger partial charge in [0.25, 0.3) is 11.8 Å². The van der Waals surface area contributed by atoms with Gasteiger partial charge in [0.1, 0.15) is 29.2 Å². The van der Waals surface area contributed by atoms with E-state index >= 15 is 0 Å². The molecular weight excluding hydrogens is 514 g/mol. The van der Waals surface area contributed by atoms with Crippen LogP contribution in [0.1, 0.15) is 36.2 Å². The van der Waals surface area contributed by atoms with Gasteiger partial charge in [0.15, 0.2) is 5.82 Å². The van der Waals surface area contributed by atoms with Crippen LogP contribution in [0.3, 0.4) is 0 Å². The van der Waals surface area contributed by atoms with Crippen molar-refractivity contribution in [1.29, 1.82) is 0 Å². The van der Waals surface area contributed by atoms with Crippen molar-refractivity contribution in [3.63, 3.8) is 0 Å². The lowest BCUT2D eigenvalue weighted by atomic mass is 10.0. The number of pyridine rings is 1. The number of halogens is 4. The fraction of sp³-hybridized carbons (Fsp3) is 0.435. The summed E-state index contributed by atoms with van der Waals surface area (Å²) in [5.41, 5.74) is 2.28. The molecule has 0 radical (unpaired) electrons. The molecule has 1 fully saturated rings. The van der Waals surface area contributed by atoms with Crippen LogP contribution in [-0.4, -0.2) is 79.4 Å². The molecule has 15 heteroatoms. The second-order valence-electron chi connectivity index (χ2n) is 9.06. The predicted octanol–water partition coefficient (Wildman–Crippen LogP) is 1.84. The number of nitrogens with one attached hydrogen (secondary N) is 1. The summed E-state index contributed by atoms with van der Waals surface area (Å²) >= 11 is 0. The fourth-order valence-electron chi connectivity index (χ4n) is 4.21. The van der Waals surface area contributed by atoms with Gasteiger partial charge in [-0.1, -0.05) is 6.92 Å². The number of hydrogen-bond acceptors (Lipinski definition) is 8. The van der Waals surface area contributed by atoms with Crippen LogP contribution < -0.4 is 15.8 Å². The zero-order valence-corrected chi connectivity index (χ0v) is 20.6. The largest absolute Gasteiger partial charge is 0.480 e. The Morgan fingerprint density at radius 2 is 1.97 bits per heavy atom. The Labute approximate surface area is 213 Å². The number of likely N-dealkylation sites (tertiary alicyclic amines) is 1. The number of carbonyl (C=O) groups is 2. The first-order chi connectivity index (χ1) is 17.8. The highest BCUT2D eigenvalue weighted by molar-refractivity contribution is 5.98. The van der Waals surface area contributed by atoms with Crippen molar-refractivity contribution < 1.29 is 37.0 Å². The first kappa shape index (κ1) is 27.0. The summed E-state index contributed by atoms with van der Waals surface area (Å²) in [5.74, 6) is -2.05. The first-order valence-corrected chi connectivity index (χ1v) is 11.5. The van der Waals surface area contributed by atoms with Gasteiger partial charge in [-0.15, -0.1) is 0 Å². The van der Waals surface area contributed by atoms with Gasteiger partial charge in [-0.2, -0.15) is 18.3 Å². The molecule has 4 rings (SSSR count). The number of carbonyl (C=O) groups excluding carboxylic acids is 2. The molecule has 0 spiro atoms. The molecule has 11 nitrogen and oxygen atoms in total. The van der Waals surface area contributed by atoms with Crippen molar-refractivity contribution in [2.75, 3.05) is 25.9 Å². The molecular formula is C23H25F4N7O4. The minimum atomic E-state index is -4.77. The van der Waals surface area contributed by atoms with E-state index in [2.05, 4.69) is 20.4 Å². The highest BCUT2D eigenvalue weighted by Crippen LogP contribution is 2.39. The highest BCUT2D eigenvalue weighted by atomic mass is 19.4. The number of amides is 2. The van der Waals surface area contributed by atoms with E-state index in [1.807, 2.05) is 0 Å². The second kappa shape index (κ2) is 9.70. The normalized spacial score (nSPS) is 19.4. The SMILES string of the molecule is CCC(C)(O)C(=O)N1C[C@H](F)[C@H](NC(=O)c2cc(-c3cc(C(F)(F)F)c4c(N)ncnn34)cnc2OC)C1. The summed E-state index contributed by atoms with van der Waals surface area (Å²) < 4.78 is 61.9. The number of aliphatic hydroxyl groups is 1. The highest BCUT2D eigenvalue weighted by Gasteiger charge is 2.42. The average molecular weight is 539 g/mol. The number of hydrogen-bond donors (Lipinski definition) is 3. The smallest absolute Gasteiger partial charge is 0.418 e. The van der Waals surface area contributed by atoms with Crippen molar-refractivity contribution in [3.8, 4) is 17.1 Å². The van der Waals surface area contributed by atoms with Gasteiger partial charge in [0.2, 0.25) is 5.88 Å². The number of aromatic nitrogens is 4. The monoisotopic (exact) mass is 539 g/mol. The van der Waals surface area contributed by atoms with Crippen LogP contribution in [0.2, 0.25) is 0 Å². The molecule has 3 aromatic heterocycles.